The Morgan fingerprint density at radius 1 is 1.36 bits per heavy atom. The van der Waals surface area contributed by atoms with Crippen molar-refractivity contribution in [1.82, 2.24) is 5.32 Å². The predicted molar refractivity (Wildman–Crippen MR) is 49.7 cm³/mol. The van der Waals surface area contributed by atoms with Gasteiger partial charge in [-0.25, -0.2) is 0 Å². The van der Waals surface area contributed by atoms with Crippen LogP contribution in [0.1, 0.15) is 46.5 Å². The summed E-state index contributed by atoms with van der Waals surface area (Å²) in [6, 6.07) is 0. The first-order valence-electron chi connectivity index (χ1n) is 5.10. The molecule has 1 N–H and O–H groups in total. The van der Waals surface area contributed by atoms with Crippen molar-refractivity contribution in [3.63, 3.8) is 0 Å². The van der Waals surface area contributed by atoms with Crippen molar-refractivity contribution in [2.24, 2.45) is 5.92 Å². The molecule has 1 nitrogen and oxygen atoms in total. The maximum Gasteiger partial charge on any atom is 0.0198 e. The van der Waals surface area contributed by atoms with Gasteiger partial charge in [0.25, 0.3) is 0 Å². The van der Waals surface area contributed by atoms with Crippen LogP contribution in [0, 0.1) is 5.92 Å². The summed E-state index contributed by atoms with van der Waals surface area (Å²) >= 11 is 0. The largest absolute Gasteiger partial charge is 0.311 e. The van der Waals surface area contributed by atoms with Gasteiger partial charge in [-0.05, 0) is 31.7 Å². The van der Waals surface area contributed by atoms with Gasteiger partial charge in [0.15, 0.2) is 0 Å². The molecule has 0 aromatic carbocycles. The normalized spacial score (nSPS) is 40.1. The molecule has 2 aliphatic rings. The van der Waals surface area contributed by atoms with Crippen molar-refractivity contribution in [2.75, 3.05) is 6.54 Å². The Kier molecular flexibility index (Phi) is 2.94. The first-order valence-corrected chi connectivity index (χ1v) is 5.10. The average molecular weight is 155 g/mol. The lowest BCUT2D eigenvalue weighted by molar-refractivity contribution is 0.0378. The minimum absolute atomic E-state index is 0.667. The number of rotatable bonds is 1. The molecule has 0 aromatic rings. The van der Waals surface area contributed by atoms with Gasteiger partial charge in [-0.1, -0.05) is 27.2 Å². The SMILES string of the molecule is CC.CCC1CC2(CCN2)C1. The van der Waals surface area contributed by atoms with Crippen molar-refractivity contribution in [3.8, 4) is 0 Å². The second-order valence-corrected chi connectivity index (χ2v) is 3.64. The zero-order valence-corrected chi connectivity index (χ0v) is 8.11. The molecule has 0 aromatic heterocycles. The Labute approximate surface area is 70.6 Å². The second-order valence-electron chi connectivity index (χ2n) is 3.64. The molecular weight excluding hydrogens is 134 g/mol. The molecule has 0 radical (unpaired) electrons. The van der Waals surface area contributed by atoms with E-state index in [1.165, 1.54) is 32.2 Å². The smallest absolute Gasteiger partial charge is 0.0198 e. The zero-order valence-electron chi connectivity index (χ0n) is 8.11. The minimum Gasteiger partial charge on any atom is -0.311 e. The van der Waals surface area contributed by atoms with Crippen LogP contribution in [0.4, 0.5) is 0 Å². The van der Waals surface area contributed by atoms with Gasteiger partial charge in [0, 0.05) is 5.54 Å². The molecule has 1 spiro atoms. The van der Waals surface area contributed by atoms with Crippen LogP contribution in [0.15, 0.2) is 0 Å². The molecule has 0 unspecified atom stereocenters. The summed E-state index contributed by atoms with van der Waals surface area (Å²) < 4.78 is 0. The van der Waals surface area contributed by atoms with Gasteiger partial charge in [0.05, 0.1) is 0 Å². The lowest BCUT2D eigenvalue weighted by Gasteiger charge is -2.55. The Hall–Kier alpha value is -0.0400. The molecule has 1 aliphatic heterocycles. The van der Waals surface area contributed by atoms with Gasteiger partial charge >= 0.3 is 0 Å². The van der Waals surface area contributed by atoms with E-state index in [2.05, 4.69) is 12.2 Å². The van der Waals surface area contributed by atoms with E-state index < -0.39 is 0 Å². The van der Waals surface area contributed by atoms with Gasteiger partial charge < -0.3 is 5.32 Å². The van der Waals surface area contributed by atoms with E-state index >= 15 is 0 Å². The Bertz CT molecular complexity index is 108. The van der Waals surface area contributed by atoms with E-state index in [0.29, 0.717) is 5.54 Å². The van der Waals surface area contributed by atoms with Crippen LogP contribution in [0.2, 0.25) is 0 Å². The molecule has 1 saturated heterocycles. The molecule has 0 amide bonds. The number of hydrogen-bond donors (Lipinski definition) is 1. The van der Waals surface area contributed by atoms with Gasteiger partial charge in [0.2, 0.25) is 0 Å². The van der Waals surface area contributed by atoms with Crippen molar-refractivity contribution < 1.29 is 0 Å². The summed E-state index contributed by atoms with van der Waals surface area (Å²) in [5, 5.41) is 3.52. The van der Waals surface area contributed by atoms with Crippen molar-refractivity contribution >= 4 is 0 Å². The second kappa shape index (κ2) is 3.57. The number of nitrogens with one attached hydrogen (secondary N) is 1. The van der Waals surface area contributed by atoms with Crippen molar-refractivity contribution in [3.05, 3.63) is 0 Å². The van der Waals surface area contributed by atoms with Crippen molar-refractivity contribution in [1.29, 1.82) is 0 Å². The molecule has 1 aliphatic carbocycles. The molecule has 2 rings (SSSR count). The summed E-state index contributed by atoms with van der Waals surface area (Å²) in [4.78, 5) is 0. The molecule has 2 fully saturated rings. The number of hydrogen-bond acceptors (Lipinski definition) is 1. The van der Waals surface area contributed by atoms with Crippen LogP contribution in [-0.2, 0) is 0 Å². The molecule has 1 heteroatoms. The highest BCUT2D eigenvalue weighted by atomic mass is 15.1. The summed E-state index contributed by atoms with van der Waals surface area (Å²) in [5.41, 5.74) is 0.667. The van der Waals surface area contributed by atoms with E-state index in [9.17, 15) is 0 Å². The fourth-order valence-corrected chi connectivity index (χ4v) is 2.16. The lowest BCUT2D eigenvalue weighted by atomic mass is 9.62. The third-order valence-corrected chi connectivity index (χ3v) is 3.04. The highest BCUT2D eigenvalue weighted by molar-refractivity contribution is 5.06. The highest BCUT2D eigenvalue weighted by Crippen LogP contribution is 2.45. The molecule has 0 atom stereocenters. The highest BCUT2D eigenvalue weighted by Gasteiger charge is 2.46. The monoisotopic (exact) mass is 155 g/mol. The van der Waals surface area contributed by atoms with E-state index in [1.807, 2.05) is 13.8 Å². The van der Waals surface area contributed by atoms with Crippen LogP contribution in [0.25, 0.3) is 0 Å². The van der Waals surface area contributed by atoms with Gasteiger partial charge in [0.1, 0.15) is 0 Å². The predicted octanol–water partition coefficient (Wildman–Crippen LogP) is 2.56. The quantitative estimate of drug-likeness (QED) is 0.613. The fraction of sp³-hybridized carbons (Fsp3) is 1.00. The Balaban J connectivity index is 0.000000281. The van der Waals surface area contributed by atoms with E-state index in [1.54, 1.807) is 0 Å². The van der Waals surface area contributed by atoms with E-state index in [4.69, 9.17) is 0 Å². The Morgan fingerprint density at radius 2 is 1.91 bits per heavy atom. The fourth-order valence-electron chi connectivity index (χ4n) is 2.16. The molecular formula is C10H21N. The lowest BCUT2D eigenvalue weighted by Crippen LogP contribution is -2.64. The molecule has 0 bridgehead atoms. The summed E-state index contributed by atoms with van der Waals surface area (Å²) in [6.45, 7) is 7.58. The van der Waals surface area contributed by atoms with Crippen LogP contribution in [0.5, 0.6) is 0 Å². The van der Waals surface area contributed by atoms with Gasteiger partial charge in [-0.2, -0.15) is 0 Å². The van der Waals surface area contributed by atoms with Crippen LogP contribution >= 0.6 is 0 Å². The Morgan fingerprint density at radius 3 is 2.18 bits per heavy atom. The maximum atomic E-state index is 3.52. The third kappa shape index (κ3) is 1.58. The zero-order chi connectivity index (χ0) is 8.32. The van der Waals surface area contributed by atoms with Crippen LogP contribution in [-0.4, -0.2) is 12.1 Å². The molecule has 66 valence electrons. The average Bonchev–Trinajstić information content (AvgIpc) is 1.87. The minimum atomic E-state index is 0.667. The van der Waals surface area contributed by atoms with Crippen molar-refractivity contribution in [2.45, 2.75) is 52.0 Å². The summed E-state index contributed by atoms with van der Waals surface area (Å²) in [6.07, 6.45) is 5.76. The molecule has 11 heavy (non-hydrogen) atoms. The first-order chi connectivity index (χ1) is 5.35. The van der Waals surface area contributed by atoms with Crippen LogP contribution < -0.4 is 5.32 Å². The summed E-state index contributed by atoms with van der Waals surface area (Å²) in [7, 11) is 0. The standard InChI is InChI=1S/C8H15N.C2H6/c1-2-7-5-8(6-7)3-4-9-8;1-2/h7,9H,2-6H2,1H3;1-2H3. The van der Waals surface area contributed by atoms with Gasteiger partial charge in [-0.3, -0.25) is 0 Å². The van der Waals surface area contributed by atoms with Gasteiger partial charge in [-0.15, -0.1) is 0 Å². The van der Waals surface area contributed by atoms with Crippen LogP contribution in [0.3, 0.4) is 0 Å². The van der Waals surface area contributed by atoms with E-state index in [-0.39, 0.29) is 0 Å². The third-order valence-electron chi connectivity index (χ3n) is 3.04. The summed E-state index contributed by atoms with van der Waals surface area (Å²) in [5.74, 6) is 1.05. The topological polar surface area (TPSA) is 12.0 Å². The van der Waals surface area contributed by atoms with E-state index in [0.717, 1.165) is 5.92 Å². The molecule has 1 saturated carbocycles. The molecule has 1 heterocycles. The maximum absolute atomic E-state index is 3.52. The first kappa shape index (κ1) is 9.05.